The molecule has 1 saturated heterocycles. The molecule has 0 aromatic heterocycles. The van der Waals surface area contributed by atoms with Crippen molar-refractivity contribution < 1.29 is 14.3 Å². The Morgan fingerprint density at radius 3 is 3.00 bits per heavy atom. The molecule has 1 aliphatic rings. The van der Waals surface area contributed by atoms with E-state index >= 15 is 0 Å². The van der Waals surface area contributed by atoms with Crippen molar-refractivity contribution in [3.8, 4) is 0 Å². The lowest BCUT2D eigenvalue weighted by molar-refractivity contribution is 0.0697. The molecule has 0 aliphatic carbocycles. The highest BCUT2D eigenvalue weighted by Crippen LogP contribution is 2.24. The Balaban J connectivity index is 2.21. The number of carboxylic acid groups (broad SMARTS) is 1. The van der Waals surface area contributed by atoms with Gasteiger partial charge >= 0.3 is 5.97 Å². The van der Waals surface area contributed by atoms with Gasteiger partial charge in [0.05, 0.1) is 5.56 Å². The van der Waals surface area contributed by atoms with Gasteiger partial charge in [0.25, 0.3) is 0 Å². The molecule has 0 spiro atoms. The van der Waals surface area contributed by atoms with Gasteiger partial charge in [0.15, 0.2) is 0 Å². The summed E-state index contributed by atoms with van der Waals surface area (Å²) in [5.41, 5.74) is 0.498. The molecule has 0 bridgehead atoms. The first kappa shape index (κ1) is 11.3. The molecular weight excluding hydrogens is 229 g/mol. The van der Waals surface area contributed by atoms with Gasteiger partial charge < -0.3 is 10.4 Å². The predicted molar refractivity (Wildman–Crippen MR) is 62.7 cm³/mol. The number of rotatable bonds is 3. The van der Waals surface area contributed by atoms with Crippen LogP contribution in [-0.4, -0.2) is 28.6 Å². The average Bonchev–Trinajstić information content (AvgIpc) is 2.73. The molecule has 2 N–H and O–H groups in total. The van der Waals surface area contributed by atoms with Crippen LogP contribution in [0.2, 0.25) is 0 Å². The van der Waals surface area contributed by atoms with E-state index in [0.29, 0.717) is 5.69 Å². The quantitative estimate of drug-likeness (QED) is 0.853. The van der Waals surface area contributed by atoms with Crippen LogP contribution in [0.3, 0.4) is 0 Å². The highest BCUT2D eigenvalue weighted by Gasteiger charge is 2.18. The lowest BCUT2D eigenvalue weighted by atomic mass is 10.1. The van der Waals surface area contributed by atoms with E-state index in [2.05, 4.69) is 5.32 Å². The summed E-state index contributed by atoms with van der Waals surface area (Å²) in [7, 11) is 0. The number of hydrogen-bond acceptors (Lipinski definition) is 3. The number of aromatic carboxylic acids is 1. The number of nitrogens with one attached hydrogen (secondary N) is 1. The van der Waals surface area contributed by atoms with Gasteiger partial charge in [-0.05, 0) is 30.4 Å². The van der Waals surface area contributed by atoms with E-state index in [0.717, 1.165) is 24.0 Å². The van der Waals surface area contributed by atoms with Crippen molar-refractivity contribution in [1.29, 1.82) is 0 Å². The van der Waals surface area contributed by atoms with Crippen molar-refractivity contribution in [3.05, 3.63) is 29.6 Å². The molecule has 3 nitrogen and oxygen atoms in total. The summed E-state index contributed by atoms with van der Waals surface area (Å²) in [6.45, 7) is 0. The molecule has 5 heteroatoms. The fourth-order valence-electron chi connectivity index (χ4n) is 1.69. The number of benzene rings is 1. The summed E-state index contributed by atoms with van der Waals surface area (Å²) in [5, 5.41) is 12.1. The minimum absolute atomic E-state index is 0.00287. The maximum absolute atomic E-state index is 12.9. The van der Waals surface area contributed by atoms with Crippen molar-refractivity contribution in [1.82, 2.24) is 0 Å². The zero-order valence-corrected chi connectivity index (χ0v) is 9.39. The minimum Gasteiger partial charge on any atom is -0.478 e. The summed E-state index contributed by atoms with van der Waals surface area (Å²) in [4.78, 5) is 10.9. The van der Waals surface area contributed by atoms with Gasteiger partial charge in [-0.2, -0.15) is 11.8 Å². The van der Waals surface area contributed by atoms with E-state index in [-0.39, 0.29) is 11.6 Å². The van der Waals surface area contributed by atoms with Crippen molar-refractivity contribution in [2.75, 3.05) is 16.8 Å². The van der Waals surface area contributed by atoms with Crippen LogP contribution in [0.15, 0.2) is 18.2 Å². The van der Waals surface area contributed by atoms with Gasteiger partial charge in [-0.15, -0.1) is 0 Å². The van der Waals surface area contributed by atoms with Gasteiger partial charge in [-0.25, -0.2) is 9.18 Å². The Hall–Kier alpha value is -1.23. The SMILES string of the molecule is O=C(O)c1cc(F)ccc1NC1CCSC1. The van der Waals surface area contributed by atoms with Crippen molar-refractivity contribution in [3.63, 3.8) is 0 Å². The summed E-state index contributed by atoms with van der Waals surface area (Å²) >= 11 is 1.83. The highest BCUT2D eigenvalue weighted by atomic mass is 32.2. The Bertz CT molecular complexity index is 405. The van der Waals surface area contributed by atoms with Crippen LogP contribution in [0.5, 0.6) is 0 Å². The van der Waals surface area contributed by atoms with E-state index < -0.39 is 11.8 Å². The molecule has 1 fully saturated rings. The number of carboxylic acids is 1. The molecule has 1 atom stereocenters. The minimum atomic E-state index is -1.10. The summed E-state index contributed by atoms with van der Waals surface area (Å²) in [5.74, 6) is 0.425. The number of hydrogen-bond donors (Lipinski definition) is 2. The second-order valence-corrected chi connectivity index (χ2v) is 4.85. The van der Waals surface area contributed by atoms with E-state index in [4.69, 9.17) is 5.11 Å². The van der Waals surface area contributed by atoms with Crippen LogP contribution in [0.1, 0.15) is 16.8 Å². The smallest absolute Gasteiger partial charge is 0.337 e. The molecule has 1 aliphatic heterocycles. The third-order valence-corrected chi connectivity index (χ3v) is 3.66. The van der Waals surface area contributed by atoms with E-state index in [9.17, 15) is 9.18 Å². The van der Waals surface area contributed by atoms with Crippen molar-refractivity contribution in [2.45, 2.75) is 12.5 Å². The normalized spacial score (nSPS) is 19.7. The predicted octanol–water partition coefficient (Wildman–Crippen LogP) is 2.44. The lowest BCUT2D eigenvalue weighted by Gasteiger charge is -2.14. The number of carbonyl (C=O) groups is 1. The Labute approximate surface area is 97.0 Å². The maximum Gasteiger partial charge on any atom is 0.337 e. The topological polar surface area (TPSA) is 49.3 Å². The van der Waals surface area contributed by atoms with Crippen LogP contribution in [0.25, 0.3) is 0 Å². The van der Waals surface area contributed by atoms with Gasteiger partial charge in [0, 0.05) is 17.5 Å². The molecule has 0 saturated carbocycles. The lowest BCUT2D eigenvalue weighted by Crippen LogP contribution is -2.20. The maximum atomic E-state index is 12.9. The molecular formula is C11H12FNO2S. The standard InChI is InChI=1S/C11H12FNO2S/c12-7-1-2-10(9(5-7)11(14)15)13-8-3-4-16-6-8/h1-2,5,8,13H,3-4,6H2,(H,14,15). The van der Waals surface area contributed by atoms with Gasteiger partial charge in [-0.3, -0.25) is 0 Å². The largest absolute Gasteiger partial charge is 0.478 e. The fraction of sp³-hybridized carbons (Fsp3) is 0.364. The molecule has 2 rings (SSSR count). The third-order valence-electron chi connectivity index (χ3n) is 2.50. The van der Waals surface area contributed by atoms with Crippen LogP contribution >= 0.6 is 11.8 Å². The van der Waals surface area contributed by atoms with Crippen LogP contribution < -0.4 is 5.32 Å². The van der Waals surface area contributed by atoms with Crippen LogP contribution in [0.4, 0.5) is 10.1 Å². The summed E-state index contributed by atoms with van der Waals surface area (Å²) in [6.07, 6.45) is 1.01. The molecule has 1 aromatic rings. The zero-order chi connectivity index (χ0) is 11.5. The molecule has 1 heterocycles. The highest BCUT2D eigenvalue weighted by molar-refractivity contribution is 7.99. The second-order valence-electron chi connectivity index (χ2n) is 3.70. The van der Waals surface area contributed by atoms with E-state index in [1.165, 1.54) is 12.1 Å². The number of thioether (sulfide) groups is 1. The van der Waals surface area contributed by atoms with Gasteiger partial charge in [0.1, 0.15) is 5.82 Å². The molecule has 1 unspecified atom stereocenters. The van der Waals surface area contributed by atoms with Crippen LogP contribution in [-0.2, 0) is 0 Å². The summed E-state index contributed by atoms with van der Waals surface area (Å²) in [6, 6.07) is 4.10. The molecule has 0 radical (unpaired) electrons. The molecule has 0 amide bonds. The second kappa shape index (κ2) is 4.74. The Morgan fingerprint density at radius 1 is 1.56 bits per heavy atom. The van der Waals surface area contributed by atoms with E-state index in [1.54, 1.807) is 0 Å². The summed E-state index contributed by atoms with van der Waals surface area (Å²) < 4.78 is 12.9. The zero-order valence-electron chi connectivity index (χ0n) is 8.57. The van der Waals surface area contributed by atoms with Crippen molar-refractivity contribution in [2.24, 2.45) is 0 Å². The monoisotopic (exact) mass is 241 g/mol. The fourth-order valence-corrected chi connectivity index (χ4v) is 2.84. The Morgan fingerprint density at radius 2 is 2.38 bits per heavy atom. The van der Waals surface area contributed by atoms with Crippen molar-refractivity contribution >= 4 is 23.4 Å². The first-order chi connectivity index (χ1) is 7.66. The average molecular weight is 241 g/mol. The van der Waals surface area contributed by atoms with Gasteiger partial charge in [0.2, 0.25) is 0 Å². The first-order valence-electron chi connectivity index (χ1n) is 5.04. The van der Waals surface area contributed by atoms with Crippen LogP contribution in [0, 0.1) is 5.82 Å². The number of halogens is 1. The number of anilines is 1. The van der Waals surface area contributed by atoms with E-state index in [1.807, 2.05) is 11.8 Å². The van der Waals surface area contributed by atoms with Gasteiger partial charge in [-0.1, -0.05) is 0 Å². The Kier molecular flexibility index (Phi) is 3.33. The molecule has 16 heavy (non-hydrogen) atoms. The third kappa shape index (κ3) is 2.47. The molecule has 1 aromatic carbocycles. The first-order valence-corrected chi connectivity index (χ1v) is 6.19. The molecule has 86 valence electrons.